The lowest BCUT2D eigenvalue weighted by Crippen LogP contribution is -1.89. The van der Waals surface area contributed by atoms with Crippen LogP contribution in [0.2, 0.25) is 0 Å². The molecule has 0 saturated heterocycles. The lowest BCUT2D eigenvalue weighted by Gasteiger charge is -2.03. The lowest BCUT2D eigenvalue weighted by molar-refractivity contribution is 0.390. The van der Waals surface area contributed by atoms with Crippen molar-refractivity contribution in [2.24, 2.45) is 0 Å². The van der Waals surface area contributed by atoms with Gasteiger partial charge in [0.1, 0.15) is 17.4 Å². The van der Waals surface area contributed by atoms with Crippen molar-refractivity contribution in [3.8, 4) is 17.1 Å². The van der Waals surface area contributed by atoms with Gasteiger partial charge in [0, 0.05) is 11.0 Å². The standard InChI is InChI=1S/C16H12F2N2O2S/c1-21-13-5-3-2-4-11(13)16-19-15(22-20-16)9-23-14-7-6-10(17)8-12(14)18/h2-8H,9H2,1H3. The van der Waals surface area contributed by atoms with E-state index in [2.05, 4.69) is 10.1 Å². The third-order valence-corrected chi connectivity index (χ3v) is 4.09. The van der Waals surface area contributed by atoms with Crippen molar-refractivity contribution in [3.63, 3.8) is 0 Å². The van der Waals surface area contributed by atoms with Crippen LogP contribution < -0.4 is 4.74 Å². The maximum atomic E-state index is 13.6. The summed E-state index contributed by atoms with van der Waals surface area (Å²) in [7, 11) is 1.56. The van der Waals surface area contributed by atoms with Crippen molar-refractivity contribution in [1.82, 2.24) is 10.1 Å². The molecular weight excluding hydrogens is 322 g/mol. The number of methoxy groups -OCH3 is 1. The molecule has 0 amide bonds. The van der Waals surface area contributed by atoms with Gasteiger partial charge in [-0.05, 0) is 24.3 Å². The normalized spacial score (nSPS) is 10.7. The SMILES string of the molecule is COc1ccccc1-c1noc(CSc2ccc(F)cc2F)n1. The lowest BCUT2D eigenvalue weighted by atomic mass is 10.2. The van der Waals surface area contributed by atoms with E-state index in [4.69, 9.17) is 9.26 Å². The Bertz CT molecular complexity index is 823. The van der Waals surface area contributed by atoms with Crippen molar-refractivity contribution in [2.75, 3.05) is 7.11 Å². The molecule has 0 spiro atoms. The van der Waals surface area contributed by atoms with E-state index in [9.17, 15) is 8.78 Å². The van der Waals surface area contributed by atoms with E-state index in [-0.39, 0.29) is 5.75 Å². The first-order chi connectivity index (χ1) is 11.2. The van der Waals surface area contributed by atoms with Crippen LogP contribution in [0.3, 0.4) is 0 Å². The van der Waals surface area contributed by atoms with Crippen molar-refractivity contribution in [2.45, 2.75) is 10.6 Å². The molecule has 1 aromatic heterocycles. The van der Waals surface area contributed by atoms with Crippen LogP contribution in [0.25, 0.3) is 11.4 Å². The molecule has 0 unspecified atom stereocenters. The molecule has 3 aromatic rings. The molecule has 118 valence electrons. The number of para-hydroxylation sites is 1. The quantitative estimate of drug-likeness (QED) is 0.651. The van der Waals surface area contributed by atoms with Crippen LogP contribution in [0.1, 0.15) is 5.89 Å². The molecule has 0 aliphatic carbocycles. The Hall–Kier alpha value is -2.41. The maximum absolute atomic E-state index is 13.6. The number of hydrogen-bond acceptors (Lipinski definition) is 5. The molecule has 2 aromatic carbocycles. The fraction of sp³-hybridized carbons (Fsp3) is 0.125. The van der Waals surface area contributed by atoms with Gasteiger partial charge < -0.3 is 9.26 Å². The van der Waals surface area contributed by atoms with Gasteiger partial charge in [-0.15, -0.1) is 11.8 Å². The van der Waals surface area contributed by atoms with Crippen LogP contribution in [0.4, 0.5) is 8.78 Å². The van der Waals surface area contributed by atoms with Gasteiger partial charge in [0.25, 0.3) is 0 Å². The van der Waals surface area contributed by atoms with Crippen LogP contribution in [0.5, 0.6) is 5.75 Å². The number of rotatable bonds is 5. The molecule has 0 saturated carbocycles. The first-order valence-electron chi connectivity index (χ1n) is 6.71. The van der Waals surface area contributed by atoms with Crippen LogP contribution in [-0.2, 0) is 5.75 Å². The number of aromatic nitrogens is 2. The summed E-state index contributed by atoms with van der Waals surface area (Å²) >= 11 is 1.16. The molecule has 0 fully saturated rings. The van der Waals surface area contributed by atoms with E-state index < -0.39 is 11.6 Å². The molecule has 0 atom stereocenters. The molecule has 0 aliphatic heterocycles. The minimum Gasteiger partial charge on any atom is -0.496 e. The fourth-order valence-corrected chi connectivity index (χ4v) is 2.74. The molecule has 4 nitrogen and oxygen atoms in total. The predicted molar refractivity (Wildman–Crippen MR) is 82.2 cm³/mol. The van der Waals surface area contributed by atoms with E-state index in [1.807, 2.05) is 18.2 Å². The number of halogens is 2. The highest BCUT2D eigenvalue weighted by Gasteiger charge is 2.13. The van der Waals surface area contributed by atoms with Crippen molar-refractivity contribution in [3.05, 3.63) is 60.0 Å². The smallest absolute Gasteiger partial charge is 0.237 e. The summed E-state index contributed by atoms with van der Waals surface area (Å²) in [4.78, 5) is 4.60. The second kappa shape index (κ2) is 6.78. The molecular formula is C16H12F2N2O2S. The second-order valence-corrected chi connectivity index (χ2v) is 5.59. The van der Waals surface area contributed by atoms with Gasteiger partial charge in [-0.3, -0.25) is 0 Å². The Balaban J connectivity index is 1.75. The summed E-state index contributed by atoms with van der Waals surface area (Å²) < 4.78 is 36.9. The van der Waals surface area contributed by atoms with Crippen LogP contribution in [-0.4, -0.2) is 17.3 Å². The fourth-order valence-electron chi connectivity index (χ4n) is 1.98. The number of benzene rings is 2. The van der Waals surface area contributed by atoms with Crippen molar-refractivity contribution < 1.29 is 18.0 Å². The Morgan fingerprint density at radius 1 is 1.17 bits per heavy atom. The summed E-state index contributed by atoms with van der Waals surface area (Å²) in [6, 6.07) is 10.7. The molecule has 0 bridgehead atoms. The van der Waals surface area contributed by atoms with E-state index in [1.54, 1.807) is 13.2 Å². The zero-order chi connectivity index (χ0) is 16.2. The Morgan fingerprint density at radius 3 is 2.78 bits per heavy atom. The zero-order valence-corrected chi connectivity index (χ0v) is 12.9. The van der Waals surface area contributed by atoms with E-state index >= 15 is 0 Å². The minimum absolute atomic E-state index is 0.282. The number of thioether (sulfide) groups is 1. The Morgan fingerprint density at radius 2 is 2.00 bits per heavy atom. The molecule has 7 heteroatoms. The van der Waals surface area contributed by atoms with Gasteiger partial charge in [0.2, 0.25) is 11.7 Å². The minimum atomic E-state index is -0.612. The first-order valence-corrected chi connectivity index (χ1v) is 7.70. The largest absolute Gasteiger partial charge is 0.496 e. The summed E-state index contributed by atoms with van der Waals surface area (Å²) in [5, 5.41) is 3.91. The molecule has 3 rings (SSSR count). The highest BCUT2D eigenvalue weighted by molar-refractivity contribution is 7.98. The third kappa shape index (κ3) is 3.50. The number of ether oxygens (including phenoxy) is 1. The first kappa shape index (κ1) is 15.5. The van der Waals surface area contributed by atoms with Gasteiger partial charge in [0.15, 0.2) is 0 Å². The van der Waals surface area contributed by atoms with Gasteiger partial charge >= 0.3 is 0 Å². The van der Waals surface area contributed by atoms with Gasteiger partial charge in [-0.2, -0.15) is 4.98 Å². The van der Waals surface area contributed by atoms with Crippen molar-refractivity contribution in [1.29, 1.82) is 0 Å². The van der Waals surface area contributed by atoms with E-state index in [0.717, 1.165) is 17.8 Å². The summed E-state index contributed by atoms with van der Waals surface area (Å²) in [6.07, 6.45) is 0. The van der Waals surface area contributed by atoms with Gasteiger partial charge in [-0.25, -0.2) is 8.78 Å². The predicted octanol–water partition coefficient (Wildman–Crippen LogP) is 4.32. The highest BCUT2D eigenvalue weighted by Crippen LogP contribution is 2.29. The van der Waals surface area contributed by atoms with E-state index in [0.29, 0.717) is 27.9 Å². The maximum Gasteiger partial charge on any atom is 0.237 e. The van der Waals surface area contributed by atoms with Crippen LogP contribution >= 0.6 is 11.8 Å². The molecule has 23 heavy (non-hydrogen) atoms. The average Bonchev–Trinajstić information content (AvgIpc) is 3.03. The average molecular weight is 334 g/mol. The van der Waals surface area contributed by atoms with Gasteiger partial charge in [0.05, 0.1) is 18.4 Å². The molecule has 0 N–H and O–H groups in total. The third-order valence-electron chi connectivity index (χ3n) is 3.06. The molecule has 0 radical (unpaired) electrons. The Kier molecular flexibility index (Phi) is 4.57. The molecule has 1 heterocycles. The zero-order valence-electron chi connectivity index (χ0n) is 12.1. The Labute approximate surface area is 135 Å². The highest BCUT2D eigenvalue weighted by atomic mass is 32.2. The van der Waals surface area contributed by atoms with Crippen LogP contribution in [0, 0.1) is 11.6 Å². The number of hydrogen-bond donors (Lipinski definition) is 0. The van der Waals surface area contributed by atoms with Crippen molar-refractivity contribution >= 4 is 11.8 Å². The summed E-state index contributed by atoms with van der Waals surface area (Å²) in [6.45, 7) is 0. The number of nitrogens with zero attached hydrogens (tertiary/aromatic N) is 2. The topological polar surface area (TPSA) is 48.2 Å². The summed E-state index contributed by atoms with van der Waals surface area (Å²) in [5.41, 5.74) is 0.711. The monoisotopic (exact) mass is 334 g/mol. The second-order valence-electron chi connectivity index (χ2n) is 4.58. The molecule has 0 aliphatic rings. The van der Waals surface area contributed by atoms with Crippen LogP contribution in [0.15, 0.2) is 51.9 Å². The van der Waals surface area contributed by atoms with E-state index in [1.165, 1.54) is 12.1 Å². The summed E-state index contributed by atoms with van der Waals surface area (Å²) in [5.74, 6) is 0.446. The van der Waals surface area contributed by atoms with Gasteiger partial charge in [-0.1, -0.05) is 17.3 Å².